The molecule has 0 unspecified atom stereocenters. The Morgan fingerprint density at radius 2 is 2.04 bits per heavy atom. The summed E-state index contributed by atoms with van der Waals surface area (Å²) in [5, 5.41) is 5.82. The molecule has 0 saturated heterocycles. The van der Waals surface area contributed by atoms with Gasteiger partial charge in [-0.05, 0) is 23.8 Å². The maximum atomic E-state index is 13.1. The Labute approximate surface area is 154 Å². The molecule has 0 fully saturated rings. The van der Waals surface area contributed by atoms with Crippen LogP contribution in [-0.4, -0.2) is 19.2 Å². The lowest BCUT2D eigenvalue weighted by atomic mass is 10.0. The molecule has 4 aromatic heterocycles. The monoisotopic (exact) mass is 356 g/mol. The summed E-state index contributed by atoms with van der Waals surface area (Å²) >= 11 is 0. The second-order valence-electron chi connectivity index (χ2n) is 6.40. The van der Waals surface area contributed by atoms with Crippen molar-refractivity contribution in [1.82, 2.24) is 19.2 Å². The number of imidazole rings is 1. The van der Waals surface area contributed by atoms with Crippen LogP contribution in [-0.2, 0) is 13.0 Å². The van der Waals surface area contributed by atoms with Gasteiger partial charge in [0.1, 0.15) is 5.65 Å². The second kappa shape index (κ2) is 6.25. The van der Waals surface area contributed by atoms with Crippen molar-refractivity contribution in [3.05, 3.63) is 89.6 Å². The lowest BCUT2D eigenvalue weighted by molar-refractivity contribution is 0.568. The Morgan fingerprint density at radius 1 is 1.07 bits per heavy atom. The molecule has 0 spiro atoms. The zero-order valence-corrected chi connectivity index (χ0v) is 14.4. The first-order chi connectivity index (χ1) is 13.3. The van der Waals surface area contributed by atoms with Crippen LogP contribution in [0.1, 0.15) is 5.69 Å². The molecular formula is C21H16N4O2. The topological polar surface area (TPSA) is 65.3 Å². The van der Waals surface area contributed by atoms with E-state index in [0.717, 1.165) is 27.9 Å². The molecule has 5 rings (SSSR count). The molecule has 0 radical (unpaired) electrons. The van der Waals surface area contributed by atoms with Crippen molar-refractivity contribution < 1.29 is 4.42 Å². The predicted molar refractivity (Wildman–Crippen MR) is 103 cm³/mol. The molecule has 0 saturated carbocycles. The molecule has 4 heterocycles. The van der Waals surface area contributed by atoms with E-state index in [9.17, 15) is 4.79 Å². The van der Waals surface area contributed by atoms with Crippen LogP contribution in [0.2, 0.25) is 0 Å². The van der Waals surface area contributed by atoms with Crippen LogP contribution in [0.4, 0.5) is 0 Å². The molecule has 27 heavy (non-hydrogen) atoms. The normalized spacial score (nSPS) is 11.4. The van der Waals surface area contributed by atoms with Gasteiger partial charge >= 0.3 is 0 Å². The molecule has 6 heteroatoms. The summed E-state index contributed by atoms with van der Waals surface area (Å²) in [5.41, 5.74) is 3.46. The van der Waals surface area contributed by atoms with E-state index >= 15 is 0 Å². The number of hydrogen-bond acceptors (Lipinski definition) is 4. The van der Waals surface area contributed by atoms with E-state index in [1.807, 2.05) is 59.3 Å². The molecule has 0 atom stereocenters. The molecule has 132 valence electrons. The van der Waals surface area contributed by atoms with Crippen molar-refractivity contribution in [2.24, 2.45) is 0 Å². The third-order valence-corrected chi connectivity index (χ3v) is 4.71. The molecule has 6 nitrogen and oxygen atoms in total. The number of hydrogen-bond donors (Lipinski definition) is 0. The van der Waals surface area contributed by atoms with Gasteiger partial charge in [-0.2, -0.15) is 5.10 Å². The zero-order valence-electron chi connectivity index (χ0n) is 14.4. The van der Waals surface area contributed by atoms with E-state index in [4.69, 9.17) is 4.42 Å². The first kappa shape index (κ1) is 15.6. The summed E-state index contributed by atoms with van der Waals surface area (Å²) in [5.74, 6) is 0. The molecule has 1 aromatic carbocycles. The molecule has 0 aliphatic carbocycles. The van der Waals surface area contributed by atoms with Crippen LogP contribution in [0.5, 0.6) is 0 Å². The van der Waals surface area contributed by atoms with Gasteiger partial charge in [-0.1, -0.05) is 24.3 Å². The van der Waals surface area contributed by atoms with Crippen LogP contribution in [0, 0.1) is 0 Å². The van der Waals surface area contributed by atoms with Crippen LogP contribution in [0.25, 0.3) is 27.5 Å². The van der Waals surface area contributed by atoms with Crippen LogP contribution in [0.15, 0.2) is 82.8 Å². The van der Waals surface area contributed by atoms with E-state index < -0.39 is 0 Å². The SMILES string of the molecule is O=c1c2c(-c3ccoc3)cccc2cnn1CCc1cn2ccccc2n1. The van der Waals surface area contributed by atoms with Crippen molar-refractivity contribution >= 4 is 16.4 Å². The highest BCUT2D eigenvalue weighted by molar-refractivity contribution is 5.95. The zero-order chi connectivity index (χ0) is 18.2. The molecule has 0 aliphatic heterocycles. The minimum absolute atomic E-state index is 0.104. The highest BCUT2D eigenvalue weighted by Gasteiger charge is 2.12. The Kier molecular flexibility index (Phi) is 3.60. The summed E-state index contributed by atoms with van der Waals surface area (Å²) in [6, 6.07) is 13.5. The maximum absolute atomic E-state index is 13.1. The van der Waals surface area contributed by atoms with Crippen molar-refractivity contribution in [3.63, 3.8) is 0 Å². The van der Waals surface area contributed by atoms with Gasteiger partial charge in [0.05, 0.1) is 36.3 Å². The second-order valence-corrected chi connectivity index (χ2v) is 6.40. The van der Waals surface area contributed by atoms with Crippen molar-refractivity contribution in [2.75, 3.05) is 0 Å². The summed E-state index contributed by atoms with van der Waals surface area (Å²) in [6.45, 7) is 0.471. The number of aryl methyl sites for hydroxylation is 2. The number of rotatable bonds is 4. The minimum atomic E-state index is -0.104. The Morgan fingerprint density at radius 3 is 2.89 bits per heavy atom. The van der Waals surface area contributed by atoms with Gasteiger partial charge in [0, 0.05) is 29.8 Å². The largest absolute Gasteiger partial charge is 0.472 e. The van der Waals surface area contributed by atoms with E-state index in [0.29, 0.717) is 18.4 Å². The van der Waals surface area contributed by atoms with Gasteiger partial charge < -0.3 is 8.82 Å². The predicted octanol–water partition coefficient (Wildman–Crippen LogP) is 3.55. The summed E-state index contributed by atoms with van der Waals surface area (Å²) in [7, 11) is 0. The summed E-state index contributed by atoms with van der Waals surface area (Å²) < 4.78 is 8.67. The first-order valence-electron chi connectivity index (χ1n) is 8.74. The number of aromatic nitrogens is 4. The summed E-state index contributed by atoms with van der Waals surface area (Å²) in [6.07, 6.45) is 9.58. The average Bonchev–Trinajstić information content (AvgIpc) is 3.36. The fourth-order valence-electron chi connectivity index (χ4n) is 3.38. The van der Waals surface area contributed by atoms with E-state index in [-0.39, 0.29) is 5.56 Å². The van der Waals surface area contributed by atoms with Crippen molar-refractivity contribution in [3.8, 4) is 11.1 Å². The van der Waals surface area contributed by atoms with Gasteiger partial charge in [0.15, 0.2) is 0 Å². The Balaban J connectivity index is 1.53. The van der Waals surface area contributed by atoms with Crippen molar-refractivity contribution in [1.29, 1.82) is 0 Å². The molecular weight excluding hydrogens is 340 g/mol. The minimum Gasteiger partial charge on any atom is -0.472 e. The quantitative estimate of drug-likeness (QED) is 0.494. The Bertz CT molecular complexity index is 1270. The fraction of sp³-hybridized carbons (Fsp3) is 0.0952. The maximum Gasteiger partial charge on any atom is 0.275 e. The number of fused-ring (bicyclic) bond motifs is 2. The smallest absolute Gasteiger partial charge is 0.275 e. The van der Waals surface area contributed by atoms with Gasteiger partial charge in [-0.15, -0.1) is 0 Å². The highest BCUT2D eigenvalue weighted by atomic mass is 16.3. The van der Waals surface area contributed by atoms with Crippen LogP contribution < -0.4 is 5.56 Å². The first-order valence-corrected chi connectivity index (χ1v) is 8.74. The van der Waals surface area contributed by atoms with Gasteiger partial charge in [0.25, 0.3) is 5.56 Å². The standard InChI is InChI=1S/C21H16N4O2/c26-21-20-15(4-3-5-18(20)16-8-11-27-14-16)12-22-25(21)10-7-17-13-24-9-2-1-6-19(24)23-17/h1-6,8-9,11-14H,7,10H2. The number of pyridine rings is 1. The number of benzene rings is 1. The summed E-state index contributed by atoms with van der Waals surface area (Å²) in [4.78, 5) is 17.7. The third kappa shape index (κ3) is 2.71. The van der Waals surface area contributed by atoms with Gasteiger partial charge in [-0.25, -0.2) is 9.67 Å². The molecule has 0 bridgehead atoms. The Hall–Kier alpha value is -3.67. The number of furan rings is 1. The van der Waals surface area contributed by atoms with Crippen molar-refractivity contribution in [2.45, 2.75) is 13.0 Å². The average molecular weight is 356 g/mol. The van der Waals surface area contributed by atoms with E-state index in [2.05, 4.69) is 10.1 Å². The van der Waals surface area contributed by atoms with Crippen LogP contribution >= 0.6 is 0 Å². The lowest BCUT2D eigenvalue weighted by Gasteiger charge is -2.08. The van der Waals surface area contributed by atoms with Gasteiger partial charge in [0.2, 0.25) is 0 Å². The highest BCUT2D eigenvalue weighted by Crippen LogP contribution is 2.26. The lowest BCUT2D eigenvalue weighted by Crippen LogP contribution is -2.24. The van der Waals surface area contributed by atoms with E-state index in [1.165, 1.54) is 4.68 Å². The number of nitrogens with zero attached hydrogens (tertiary/aromatic N) is 4. The van der Waals surface area contributed by atoms with Gasteiger partial charge in [-0.3, -0.25) is 4.79 Å². The molecule has 0 aliphatic rings. The molecule has 0 N–H and O–H groups in total. The fourth-order valence-corrected chi connectivity index (χ4v) is 3.38. The third-order valence-electron chi connectivity index (χ3n) is 4.71. The molecule has 5 aromatic rings. The van der Waals surface area contributed by atoms with E-state index in [1.54, 1.807) is 18.7 Å². The molecule has 0 amide bonds. The van der Waals surface area contributed by atoms with Crippen LogP contribution in [0.3, 0.4) is 0 Å².